The highest BCUT2D eigenvalue weighted by atomic mass is 15.3. The van der Waals surface area contributed by atoms with Crippen molar-refractivity contribution in [3.05, 3.63) is 18.2 Å². The predicted octanol–water partition coefficient (Wildman–Crippen LogP) is 1.83. The molecule has 0 saturated heterocycles. The van der Waals surface area contributed by atoms with E-state index in [0.29, 0.717) is 11.7 Å². The second kappa shape index (κ2) is 5.44. The van der Waals surface area contributed by atoms with E-state index in [9.17, 15) is 0 Å². The van der Waals surface area contributed by atoms with Crippen molar-refractivity contribution < 1.29 is 0 Å². The Morgan fingerprint density at radius 3 is 2.79 bits per heavy atom. The molecule has 1 rings (SSSR count). The molecule has 0 aliphatic rings. The van der Waals surface area contributed by atoms with Crippen LogP contribution in [0.25, 0.3) is 0 Å². The monoisotopic (exact) mass is 194 g/mol. The van der Waals surface area contributed by atoms with Crippen LogP contribution in [0.2, 0.25) is 0 Å². The predicted molar refractivity (Wildman–Crippen MR) is 60.0 cm³/mol. The van der Waals surface area contributed by atoms with Crippen molar-refractivity contribution >= 4 is 11.6 Å². The highest BCUT2D eigenvalue weighted by molar-refractivity contribution is 5.44. The minimum absolute atomic E-state index is 0.659. The third-order valence-corrected chi connectivity index (χ3v) is 2.23. The Hall–Kier alpha value is -1.29. The Kier molecular flexibility index (Phi) is 4.19. The highest BCUT2D eigenvalue weighted by Crippen LogP contribution is 2.09. The van der Waals surface area contributed by atoms with E-state index >= 15 is 0 Å². The minimum atomic E-state index is 0.659. The fourth-order valence-electron chi connectivity index (χ4n) is 1.04. The van der Waals surface area contributed by atoms with Gasteiger partial charge in [-0.25, -0.2) is 10.8 Å². The zero-order valence-corrected chi connectivity index (χ0v) is 8.75. The average Bonchev–Trinajstić information content (AvgIpc) is 2.26. The number of hydrazine groups is 1. The molecular formula is C10H18N4. The van der Waals surface area contributed by atoms with Gasteiger partial charge in [0.2, 0.25) is 0 Å². The van der Waals surface area contributed by atoms with E-state index in [1.807, 2.05) is 18.2 Å². The van der Waals surface area contributed by atoms with Crippen LogP contribution in [-0.2, 0) is 0 Å². The van der Waals surface area contributed by atoms with Gasteiger partial charge in [-0.2, -0.15) is 0 Å². The lowest BCUT2D eigenvalue weighted by molar-refractivity contribution is 0.592. The van der Waals surface area contributed by atoms with E-state index in [2.05, 4.69) is 29.6 Å². The summed E-state index contributed by atoms with van der Waals surface area (Å²) >= 11 is 0. The smallest absolute Gasteiger partial charge is 0.142 e. The fraction of sp³-hybridized carbons (Fsp3) is 0.500. The van der Waals surface area contributed by atoms with Gasteiger partial charge < -0.3 is 10.7 Å². The molecule has 0 radical (unpaired) electrons. The summed E-state index contributed by atoms with van der Waals surface area (Å²) in [5.74, 6) is 7.46. The molecule has 1 aromatic rings. The molecule has 0 amide bonds. The van der Waals surface area contributed by atoms with Crippen molar-refractivity contribution in [3.8, 4) is 0 Å². The molecule has 14 heavy (non-hydrogen) atoms. The largest absolute Gasteiger partial charge is 0.370 e. The number of nitrogens with zero attached hydrogens (tertiary/aromatic N) is 1. The topological polar surface area (TPSA) is 63.0 Å². The van der Waals surface area contributed by atoms with Gasteiger partial charge in [-0.1, -0.05) is 26.3 Å². The van der Waals surface area contributed by atoms with Crippen LogP contribution in [0.5, 0.6) is 0 Å². The first kappa shape index (κ1) is 10.8. The summed E-state index contributed by atoms with van der Waals surface area (Å²) in [6.45, 7) is 5.33. The maximum absolute atomic E-state index is 5.26. The molecule has 1 atom stereocenters. The van der Waals surface area contributed by atoms with Gasteiger partial charge in [0.05, 0.1) is 0 Å². The van der Waals surface area contributed by atoms with E-state index in [4.69, 9.17) is 5.84 Å². The molecule has 0 fully saturated rings. The van der Waals surface area contributed by atoms with Gasteiger partial charge in [-0.3, -0.25) is 0 Å². The number of nitrogens with two attached hydrogens (primary N) is 1. The first-order chi connectivity index (χ1) is 6.76. The standard InChI is InChI=1S/C10H18N4/c1-3-8(2)7-12-9-5-4-6-10(13-9)14-11/h4-6,8H,3,7,11H2,1-2H3,(H2,12,13,14). The first-order valence-electron chi connectivity index (χ1n) is 4.93. The molecule has 4 heteroatoms. The lowest BCUT2D eigenvalue weighted by Gasteiger charge is -2.11. The van der Waals surface area contributed by atoms with E-state index < -0.39 is 0 Å². The second-order valence-electron chi connectivity index (χ2n) is 3.45. The molecule has 78 valence electrons. The molecule has 0 aliphatic carbocycles. The number of nitrogens with one attached hydrogen (secondary N) is 2. The van der Waals surface area contributed by atoms with E-state index in [1.165, 1.54) is 6.42 Å². The summed E-state index contributed by atoms with van der Waals surface area (Å²) < 4.78 is 0. The molecule has 1 heterocycles. The zero-order chi connectivity index (χ0) is 10.4. The van der Waals surface area contributed by atoms with E-state index in [0.717, 1.165) is 12.4 Å². The van der Waals surface area contributed by atoms with Crippen LogP contribution in [0.1, 0.15) is 20.3 Å². The Morgan fingerprint density at radius 1 is 1.43 bits per heavy atom. The molecule has 1 unspecified atom stereocenters. The molecular weight excluding hydrogens is 176 g/mol. The maximum Gasteiger partial charge on any atom is 0.142 e. The number of hydrogen-bond acceptors (Lipinski definition) is 4. The van der Waals surface area contributed by atoms with Gasteiger partial charge in [0, 0.05) is 6.54 Å². The van der Waals surface area contributed by atoms with Gasteiger partial charge in [0.25, 0.3) is 0 Å². The quantitative estimate of drug-likeness (QED) is 0.494. The van der Waals surface area contributed by atoms with Crippen molar-refractivity contribution in [1.29, 1.82) is 0 Å². The first-order valence-corrected chi connectivity index (χ1v) is 4.93. The van der Waals surface area contributed by atoms with Crippen LogP contribution in [-0.4, -0.2) is 11.5 Å². The number of pyridine rings is 1. The highest BCUT2D eigenvalue weighted by Gasteiger charge is 1.99. The number of rotatable bonds is 5. The molecule has 0 bridgehead atoms. The summed E-state index contributed by atoms with van der Waals surface area (Å²) in [4.78, 5) is 4.25. The van der Waals surface area contributed by atoms with Gasteiger partial charge in [-0.05, 0) is 18.1 Å². The lowest BCUT2D eigenvalue weighted by atomic mass is 10.1. The van der Waals surface area contributed by atoms with Gasteiger partial charge in [-0.15, -0.1) is 0 Å². The molecule has 0 saturated carbocycles. The van der Waals surface area contributed by atoms with Crippen LogP contribution < -0.4 is 16.6 Å². The normalized spacial score (nSPS) is 12.2. The fourth-order valence-corrected chi connectivity index (χ4v) is 1.04. The van der Waals surface area contributed by atoms with Crippen LogP contribution >= 0.6 is 0 Å². The van der Waals surface area contributed by atoms with E-state index in [-0.39, 0.29) is 0 Å². The van der Waals surface area contributed by atoms with Gasteiger partial charge in [0.1, 0.15) is 11.6 Å². The summed E-state index contributed by atoms with van der Waals surface area (Å²) in [5, 5.41) is 3.26. The SMILES string of the molecule is CCC(C)CNc1cccc(NN)n1. The summed E-state index contributed by atoms with van der Waals surface area (Å²) in [5.41, 5.74) is 2.52. The Bertz CT molecular complexity index is 275. The number of aromatic nitrogens is 1. The van der Waals surface area contributed by atoms with Crippen molar-refractivity contribution in [3.63, 3.8) is 0 Å². The van der Waals surface area contributed by atoms with Gasteiger partial charge >= 0.3 is 0 Å². The van der Waals surface area contributed by atoms with Crippen LogP contribution in [0.4, 0.5) is 11.6 Å². The maximum atomic E-state index is 5.26. The third kappa shape index (κ3) is 3.22. The Morgan fingerprint density at radius 2 is 2.14 bits per heavy atom. The van der Waals surface area contributed by atoms with Crippen molar-refractivity contribution in [2.45, 2.75) is 20.3 Å². The third-order valence-electron chi connectivity index (χ3n) is 2.23. The Labute approximate surface area is 84.9 Å². The number of anilines is 2. The lowest BCUT2D eigenvalue weighted by Crippen LogP contribution is -2.13. The minimum Gasteiger partial charge on any atom is -0.370 e. The average molecular weight is 194 g/mol. The van der Waals surface area contributed by atoms with Crippen molar-refractivity contribution in [2.75, 3.05) is 17.3 Å². The summed E-state index contributed by atoms with van der Waals surface area (Å²) in [6.07, 6.45) is 1.17. The molecule has 4 nitrogen and oxygen atoms in total. The Balaban J connectivity index is 2.50. The van der Waals surface area contributed by atoms with E-state index in [1.54, 1.807) is 0 Å². The van der Waals surface area contributed by atoms with Crippen molar-refractivity contribution in [1.82, 2.24) is 4.98 Å². The molecule has 0 aliphatic heterocycles. The molecule has 0 aromatic carbocycles. The molecule has 0 spiro atoms. The number of nitrogen functional groups attached to an aromatic ring is 1. The summed E-state index contributed by atoms with van der Waals surface area (Å²) in [6, 6.07) is 5.68. The molecule has 1 aromatic heterocycles. The van der Waals surface area contributed by atoms with Gasteiger partial charge in [0.15, 0.2) is 0 Å². The van der Waals surface area contributed by atoms with Crippen LogP contribution in [0, 0.1) is 5.92 Å². The van der Waals surface area contributed by atoms with Crippen molar-refractivity contribution in [2.24, 2.45) is 11.8 Å². The van der Waals surface area contributed by atoms with Crippen LogP contribution in [0.15, 0.2) is 18.2 Å². The second-order valence-corrected chi connectivity index (χ2v) is 3.45. The number of hydrogen-bond donors (Lipinski definition) is 3. The zero-order valence-electron chi connectivity index (χ0n) is 8.75. The summed E-state index contributed by atoms with van der Waals surface area (Å²) in [7, 11) is 0. The molecule has 4 N–H and O–H groups in total. The van der Waals surface area contributed by atoms with Crippen LogP contribution in [0.3, 0.4) is 0 Å².